The van der Waals surface area contributed by atoms with Gasteiger partial charge < -0.3 is 9.52 Å². The average Bonchev–Trinajstić information content (AvgIpc) is 3.54. The Morgan fingerprint density at radius 1 is 1.14 bits per heavy atom. The van der Waals surface area contributed by atoms with Gasteiger partial charge in [0.25, 0.3) is 0 Å². The predicted octanol–water partition coefficient (Wildman–Crippen LogP) is 5.68. The van der Waals surface area contributed by atoms with Crippen molar-refractivity contribution in [1.29, 1.82) is 10.5 Å². The van der Waals surface area contributed by atoms with E-state index in [1.165, 1.54) is 0 Å². The molecule has 1 fully saturated rings. The molecule has 0 saturated carbocycles. The van der Waals surface area contributed by atoms with Crippen LogP contribution in [0.15, 0.2) is 63.9 Å². The van der Waals surface area contributed by atoms with Crippen LogP contribution in [0, 0.1) is 22.7 Å². The van der Waals surface area contributed by atoms with Gasteiger partial charge in [0.1, 0.15) is 17.6 Å². The standard InChI is InChI=1S/C28H22N4O3S/c1-36-26-13-25-23(12-18(26)16-32-11-5-10-24(32)28(33)34)31-27(35-25)21-9-4-8-20(22(21)15-30)19-7-3-2-6-17(19)14-29/h2-4,6-9,12-13,24H,5,10-11,16H2,1H3,(H,33,34)/t24-/m0/s1. The molecular weight excluding hydrogens is 472 g/mol. The fraction of sp³-hybridized carbons (Fsp3) is 0.214. The van der Waals surface area contributed by atoms with E-state index in [2.05, 4.69) is 12.1 Å². The second kappa shape index (κ2) is 9.87. The van der Waals surface area contributed by atoms with E-state index in [9.17, 15) is 20.4 Å². The number of likely N-dealkylation sites (tertiary alicyclic amines) is 1. The van der Waals surface area contributed by atoms with Crippen LogP contribution in [0.3, 0.4) is 0 Å². The third-order valence-electron chi connectivity index (χ3n) is 6.56. The molecule has 0 bridgehead atoms. The summed E-state index contributed by atoms with van der Waals surface area (Å²) >= 11 is 1.57. The smallest absolute Gasteiger partial charge is 0.320 e. The summed E-state index contributed by atoms with van der Waals surface area (Å²) in [6.07, 6.45) is 3.50. The van der Waals surface area contributed by atoms with Gasteiger partial charge in [-0.15, -0.1) is 11.8 Å². The number of carbonyl (C=O) groups is 1. The Hall–Kier alpha value is -4.11. The van der Waals surface area contributed by atoms with Gasteiger partial charge in [0.15, 0.2) is 5.58 Å². The van der Waals surface area contributed by atoms with E-state index in [0.717, 1.165) is 23.4 Å². The molecule has 1 saturated heterocycles. The van der Waals surface area contributed by atoms with Crippen molar-refractivity contribution in [1.82, 2.24) is 9.88 Å². The number of thioether (sulfide) groups is 1. The SMILES string of the molecule is CSc1cc2oc(-c3cccc(-c4ccccc4C#N)c3C#N)nc2cc1CN1CCC[C@H]1C(=O)O. The van der Waals surface area contributed by atoms with Crippen molar-refractivity contribution >= 4 is 28.8 Å². The zero-order chi connectivity index (χ0) is 25.2. The molecule has 7 nitrogen and oxygen atoms in total. The van der Waals surface area contributed by atoms with E-state index in [4.69, 9.17) is 9.40 Å². The Morgan fingerprint density at radius 2 is 1.92 bits per heavy atom. The summed E-state index contributed by atoms with van der Waals surface area (Å²) in [5.74, 6) is -0.462. The lowest BCUT2D eigenvalue weighted by Gasteiger charge is -2.22. The van der Waals surface area contributed by atoms with Crippen molar-refractivity contribution in [2.75, 3.05) is 12.8 Å². The molecular formula is C28H22N4O3S. The highest BCUT2D eigenvalue weighted by Crippen LogP contribution is 2.36. The maximum atomic E-state index is 11.6. The van der Waals surface area contributed by atoms with Gasteiger partial charge in [-0.25, -0.2) is 4.98 Å². The maximum Gasteiger partial charge on any atom is 0.320 e. The lowest BCUT2D eigenvalue weighted by molar-refractivity contribution is -0.142. The van der Waals surface area contributed by atoms with E-state index >= 15 is 0 Å². The van der Waals surface area contributed by atoms with Crippen LogP contribution in [0.4, 0.5) is 0 Å². The van der Waals surface area contributed by atoms with Gasteiger partial charge in [0, 0.05) is 22.6 Å². The summed E-state index contributed by atoms with van der Waals surface area (Å²) in [5, 5.41) is 29.2. The lowest BCUT2D eigenvalue weighted by atomic mass is 9.93. The fourth-order valence-electron chi connectivity index (χ4n) is 4.83. The van der Waals surface area contributed by atoms with E-state index in [-0.39, 0.29) is 0 Å². The van der Waals surface area contributed by atoms with Crippen molar-refractivity contribution in [3.05, 3.63) is 71.3 Å². The first kappa shape index (κ1) is 23.6. The first-order valence-corrected chi connectivity index (χ1v) is 12.7. The topological polar surface area (TPSA) is 114 Å². The lowest BCUT2D eigenvalue weighted by Crippen LogP contribution is -2.35. The quantitative estimate of drug-likeness (QED) is 0.341. The summed E-state index contributed by atoms with van der Waals surface area (Å²) in [6, 6.07) is 20.5. The Balaban J connectivity index is 1.58. The molecule has 4 aromatic rings. The van der Waals surface area contributed by atoms with E-state index < -0.39 is 12.0 Å². The number of oxazole rings is 1. The minimum absolute atomic E-state index is 0.326. The number of aliphatic carboxylic acids is 1. The molecule has 8 heteroatoms. The number of nitrogens with zero attached hydrogens (tertiary/aromatic N) is 4. The number of carboxylic acid groups (broad SMARTS) is 1. The Morgan fingerprint density at radius 3 is 2.67 bits per heavy atom. The number of benzene rings is 3. The number of carboxylic acids is 1. The second-order valence-electron chi connectivity index (χ2n) is 8.61. The molecule has 0 unspecified atom stereocenters. The van der Waals surface area contributed by atoms with Gasteiger partial charge in [-0.05, 0) is 55.5 Å². The molecule has 36 heavy (non-hydrogen) atoms. The van der Waals surface area contributed by atoms with Crippen LogP contribution in [0.5, 0.6) is 0 Å². The van der Waals surface area contributed by atoms with Crippen LogP contribution in [0.1, 0.15) is 29.5 Å². The molecule has 1 N–H and O–H groups in total. The Bertz CT molecular complexity index is 1560. The van der Waals surface area contributed by atoms with Crippen molar-refractivity contribution in [3.8, 4) is 34.7 Å². The zero-order valence-electron chi connectivity index (χ0n) is 19.6. The first-order chi connectivity index (χ1) is 17.5. The first-order valence-electron chi connectivity index (χ1n) is 11.5. The monoisotopic (exact) mass is 494 g/mol. The maximum absolute atomic E-state index is 11.6. The van der Waals surface area contributed by atoms with E-state index in [1.807, 2.05) is 47.6 Å². The number of rotatable bonds is 6. The van der Waals surface area contributed by atoms with E-state index in [1.54, 1.807) is 30.0 Å². The number of nitriles is 2. The Kier molecular flexibility index (Phi) is 6.47. The largest absolute Gasteiger partial charge is 0.480 e. The molecule has 1 aliphatic rings. The summed E-state index contributed by atoms with van der Waals surface area (Å²) in [4.78, 5) is 19.3. The van der Waals surface area contributed by atoms with Crippen LogP contribution < -0.4 is 0 Å². The van der Waals surface area contributed by atoms with E-state index in [0.29, 0.717) is 57.8 Å². The van der Waals surface area contributed by atoms with Crippen molar-refractivity contribution in [2.24, 2.45) is 0 Å². The van der Waals surface area contributed by atoms with Crippen LogP contribution in [-0.2, 0) is 11.3 Å². The summed E-state index contributed by atoms with van der Waals surface area (Å²) in [5.41, 5.74) is 5.00. The molecule has 1 aliphatic heterocycles. The second-order valence-corrected chi connectivity index (χ2v) is 9.46. The molecule has 2 heterocycles. The molecule has 5 rings (SSSR count). The Labute approximate surface area is 212 Å². The normalized spacial score (nSPS) is 15.6. The summed E-state index contributed by atoms with van der Waals surface area (Å²) in [7, 11) is 0. The molecule has 1 atom stereocenters. The summed E-state index contributed by atoms with van der Waals surface area (Å²) < 4.78 is 6.12. The minimum Gasteiger partial charge on any atom is -0.480 e. The average molecular weight is 495 g/mol. The van der Waals surface area contributed by atoms with Gasteiger partial charge >= 0.3 is 5.97 Å². The molecule has 0 radical (unpaired) electrons. The van der Waals surface area contributed by atoms with Crippen molar-refractivity contribution < 1.29 is 14.3 Å². The fourth-order valence-corrected chi connectivity index (χ4v) is 5.44. The number of fused-ring (bicyclic) bond motifs is 1. The van der Waals surface area contributed by atoms with Gasteiger partial charge in [-0.3, -0.25) is 9.69 Å². The van der Waals surface area contributed by atoms with Gasteiger partial charge in [0.2, 0.25) is 5.89 Å². The molecule has 178 valence electrons. The number of aromatic nitrogens is 1. The number of hydrogen-bond donors (Lipinski definition) is 1. The highest BCUT2D eigenvalue weighted by atomic mass is 32.2. The molecule has 0 amide bonds. The van der Waals surface area contributed by atoms with Gasteiger partial charge in [0.05, 0.1) is 22.8 Å². The van der Waals surface area contributed by atoms with Crippen LogP contribution in [-0.4, -0.2) is 39.8 Å². The third-order valence-corrected chi connectivity index (χ3v) is 7.38. The van der Waals surface area contributed by atoms with Gasteiger partial charge in [-0.1, -0.05) is 30.3 Å². The molecule has 0 spiro atoms. The highest BCUT2D eigenvalue weighted by molar-refractivity contribution is 7.98. The molecule has 1 aromatic heterocycles. The summed E-state index contributed by atoms with van der Waals surface area (Å²) in [6.45, 7) is 1.27. The zero-order valence-corrected chi connectivity index (χ0v) is 20.4. The van der Waals surface area contributed by atoms with Crippen molar-refractivity contribution in [3.63, 3.8) is 0 Å². The molecule has 0 aliphatic carbocycles. The van der Waals surface area contributed by atoms with Gasteiger partial charge in [-0.2, -0.15) is 10.5 Å². The van der Waals surface area contributed by atoms with Crippen LogP contribution in [0.25, 0.3) is 33.7 Å². The third kappa shape index (κ3) is 4.22. The molecule has 3 aromatic carbocycles. The van der Waals surface area contributed by atoms with Crippen LogP contribution in [0.2, 0.25) is 0 Å². The van der Waals surface area contributed by atoms with Crippen molar-refractivity contribution in [2.45, 2.75) is 30.3 Å². The van der Waals surface area contributed by atoms with Crippen LogP contribution >= 0.6 is 11.8 Å². The minimum atomic E-state index is -0.787. The number of hydrogen-bond acceptors (Lipinski definition) is 7. The predicted molar refractivity (Wildman–Crippen MR) is 137 cm³/mol. The highest BCUT2D eigenvalue weighted by Gasteiger charge is 2.31.